The molecule has 1 aliphatic rings. The van der Waals surface area contributed by atoms with Crippen LogP contribution in [0.4, 0.5) is 0 Å². The Morgan fingerprint density at radius 3 is 2.74 bits per heavy atom. The summed E-state index contributed by atoms with van der Waals surface area (Å²) in [6, 6.07) is 5.75. The Labute approximate surface area is 119 Å². The molecular weight excluding hydrogens is 264 g/mol. The number of alkyl halides is 1. The SMILES string of the molecule is COc1cc(CCl)ccc1OCC1CCC(C)(C)O1. The van der Waals surface area contributed by atoms with Crippen LogP contribution in [0.15, 0.2) is 18.2 Å². The Hall–Kier alpha value is -0.930. The molecule has 0 saturated carbocycles. The molecule has 0 radical (unpaired) electrons. The zero-order valence-corrected chi connectivity index (χ0v) is 12.5. The third kappa shape index (κ3) is 3.77. The molecule has 19 heavy (non-hydrogen) atoms. The Kier molecular flexibility index (Phi) is 4.58. The quantitative estimate of drug-likeness (QED) is 0.770. The summed E-state index contributed by atoms with van der Waals surface area (Å²) in [6.45, 7) is 4.78. The molecule has 106 valence electrons. The molecule has 0 aliphatic carbocycles. The van der Waals surface area contributed by atoms with Crippen LogP contribution < -0.4 is 9.47 Å². The minimum absolute atomic E-state index is 0.0272. The van der Waals surface area contributed by atoms with Gasteiger partial charge >= 0.3 is 0 Å². The van der Waals surface area contributed by atoms with Crippen LogP contribution in [0.5, 0.6) is 11.5 Å². The van der Waals surface area contributed by atoms with Gasteiger partial charge in [0.25, 0.3) is 0 Å². The van der Waals surface area contributed by atoms with Gasteiger partial charge < -0.3 is 14.2 Å². The van der Waals surface area contributed by atoms with Crippen molar-refractivity contribution in [2.24, 2.45) is 0 Å². The monoisotopic (exact) mass is 284 g/mol. The third-order valence-electron chi connectivity index (χ3n) is 3.36. The number of hydrogen-bond donors (Lipinski definition) is 0. The van der Waals surface area contributed by atoms with Crippen LogP contribution in [0.2, 0.25) is 0 Å². The maximum absolute atomic E-state index is 5.90. The van der Waals surface area contributed by atoms with E-state index in [4.69, 9.17) is 25.8 Å². The van der Waals surface area contributed by atoms with Gasteiger partial charge in [0.2, 0.25) is 0 Å². The topological polar surface area (TPSA) is 27.7 Å². The fourth-order valence-electron chi connectivity index (χ4n) is 2.29. The molecule has 1 fully saturated rings. The van der Waals surface area contributed by atoms with E-state index in [9.17, 15) is 0 Å². The summed E-state index contributed by atoms with van der Waals surface area (Å²) in [6.07, 6.45) is 2.27. The van der Waals surface area contributed by atoms with E-state index in [1.54, 1.807) is 7.11 Å². The van der Waals surface area contributed by atoms with Crippen molar-refractivity contribution in [2.75, 3.05) is 13.7 Å². The van der Waals surface area contributed by atoms with Crippen molar-refractivity contribution in [1.82, 2.24) is 0 Å². The van der Waals surface area contributed by atoms with Gasteiger partial charge in [-0.05, 0) is 44.4 Å². The van der Waals surface area contributed by atoms with Crippen molar-refractivity contribution < 1.29 is 14.2 Å². The summed E-state index contributed by atoms with van der Waals surface area (Å²) >= 11 is 5.80. The fourth-order valence-corrected chi connectivity index (χ4v) is 2.46. The molecule has 0 aromatic heterocycles. The molecule has 1 aromatic rings. The van der Waals surface area contributed by atoms with E-state index < -0.39 is 0 Å². The molecule has 0 N–H and O–H groups in total. The standard InChI is InChI=1S/C15H21ClO3/c1-15(2)7-6-12(19-15)10-18-13-5-4-11(9-16)8-14(13)17-3/h4-5,8,12H,6-7,9-10H2,1-3H3. The number of halogens is 1. The van der Waals surface area contributed by atoms with Gasteiger partial charge in [0.1, 0.15) is 6.61 Å². The third-order valence-corrected chi connectivity index (χ3v) is 3.67. The van der Waals surface area contributed by atoms with Crippen LogP contribution in [-0.2, 0) is 10.6 Å². The molecule has 1 atom stereocenters. The summed E-state index contributed by atoms with van der Waals surface area (Å²) in [4.78, 5) is 0. The number of ether oxygens (including phenoxy) is 3. The van der Waals surface area contributed by atoms with Crippen molar-refractivity contribution in [3.63, 3.8) is 0 Å². The predicted molar refractivity (Wildman–Crippen MR) is 76.2 cm³/mol. The smallest absolute Gasteiger partial charge is 0.161 e. The Morgan fingerprint density at radius 1 is 1.37 bits per heavy atom. The van der Waals surface area contributed by atoms with Crippen molar-refractivity contribution in [2.45, 2.75) is 44.3 Å². The lowest BCUT2D eigenvalue weighted by Crippen LogP contribution is -2.24. The predicted octanol–water partition coefficient (Wildman–Crippen LogP) is 3.77. The van der Waals surface area contributed by atoms with Crippen LogP contribution in [-0.4, -0.2) is 25.4 Å². The van der Waals surface area contributed by atoms with Crippen molar-refractivity contribution in [3.8, 4) is 11.5 Å². The molecule has 1 heterocycles. The highest BCUT2D eigenvalue weighted by atomic mass is 35.5. The number of rotatable bonds is 5. The lowest BCUT2D eigenvalue weighted by molar-refractivity contribution is -0.0329. The molecule has 1 saturated heterocycles. The summed E-state index contributed by atoms with van der Waals surface area (Å²) in [5.41, 5.74) is 0.991. The molecule has 0 bridgehead atoms. The van der Waals surface area contributed by atoms with Gasteiger partial charge in [0.05, 0.1) is 18.8 Å². The van der Waals surface area contributed by atoms with E-state index in [1.807, 2.05) is 18.2 Å². The second kappa shape index (κ2) is 6.02. The largest absolute Gasteiger partial charge is 0.493 e. The van der Waals surface area contributed by atoms with Gasteiger partial charge in [0.15, 0.2) is 11.5 Å². The normalized spacial score (nSPS) is 21.4. The minimum atomic E-state index is -0.0272. The van der Waals surface area contributed by atoms with Crippen LogP contribution in [0.1, 0.15) is 32.3 Å². The van der Waals surface area contributed by atoms with Crippen LogP contribution in [0, 0.1) is 0 Å². The Bertz CT molecular complexity index is 431. The van der Waals surface area contributed by atoms with Crippen molar-refractivity contribution in [1.29, 1.82) is 0 Å². The second-order valence-corrected chi connectivity index (χ2v) is 5.74. The molecule has 2 rings (SSSR count). The van der Waals surface area contributed by atoms with Gasteiger partial charge in [-0.1, -0.05) is 6.07 Å². The molecule has 1 aliphatic heterocycles. The molecule has 1 aromatic carbocycles. The second-order valence-electron chi connectivity index (χ2n) is 5.47. The van der Waals surface area contributed by atoms with E-state index in [2.05, 4.69) is 13.8 Å². The molecular formula is C15H21ClO3. The van der Waals surface area contributed by atoms with Crippen molar-refractivity contribution >= 4 is 11.6 Å². The minimum Gasteiger partial charge on any atom is -0.493 e. The van der Waals surface area contributed by atoms with E-state index in [1.165, 1.54) is 0 Å². The van der Waals surface area contributed by atoms with Crippen LogP contribution >= 0.6 is 11.6 Å². The first kappa shape index (κ1) is 14.5. The highest BCUT2D eigenvalue weighted by molar-refractivity contribution is 6.17. The first-order chi connectivity index (χ1) is 9.04. The van der Waals surface area contributed by atoms with E-state index in [0.29, 0.717) is 12.5 Å². The van der Waals surface area contributed by atoms with E-state index in [-0.39, 0.29) is 11.7 Å². The summed E-state index contributed by atoms with van der Waals surface area (Å²) in [5, 5.41) is 0. The highest BCUT2D eigenvalue weighted by Gasteiger charge is 2.32. The Balaban J connectivity index is 1.96. The number of methoxy groups -OCH3 is 1. The van der Waals surface area contributed by atoms with Gasteiger partial charge in [-0.3, -0.25) is 0 Å². The molecule has 0 amide bonds. The zero-order valence-electron chi connectivity index (χ0n) is 11.7. The summed E-state index contributed by atoms with van der Waals surface area (Å²) < 4.78 is 17.0. The summed E-state index contributed by atoms with van der Waals surface area (Å²) in [5.74, 6) is 1.93. The average Bonchev–Trinajstić information content (AvgIpc) is 2.75. The van der Waals surface area contributed by atoms with Crippen molar-refractivity contribution in [3.05, 3.63) is 23.8 Å². The highest BCUT2D eigenvalue weighted by Crippen LogP contribution is 2.32. The lowest BCUT2D eigenvalue weighted by Gasteiger charge is -2.20. The van der Waals surface area contributed by atoms with E-state index >= 15 is 0 Å². The van der Waals surface area contributed by atoms with Gasteiger partial charge in [-0.15, -0.1) is 11.6 Å². The molecule has 4 heteroatoms. The number of hydrogen-bond acceptors (Lipinski definition) is 3. The first-order valence-electron chi connectivity index (χ1n) is 6.57. The van der Waals surface area contributed by atoms with Crippen LogP contribution in [0.25, 0.3) is 0 Å². The lowest BCUT2D eigenvalue weighted by atomic mass is 10.1. The maximum Gasteiger partial charge on any atom is 0.161 e. The van der Waals surface area contributed by atoms with E-state index in [0.717, 1.165) is 29.9 Å². The average molecular weight is 285 g/mol. The number of benzene rings is 1. The van der Waals surface area contributed by atoms with Crippen LogP contribution in [0.3, 0.4) is 0 Å². The first-order valence-corrected chi connectivity index (χ1v) is 7.11. The van der Waals surface area contributed by atoms with Gasteiger partial charge in [-0.2, -0.15) is 0 Å². The maximum atomic E-state index is 5.90. The van der Waals surface area contributed by atoms with Gasteiger partial charge in [-0.25, -0.2) is 0 Å². The fraction of sp³-hybridized carbons (Fsp3) is 0.600. The molecule has 1 unspecified atom stereocenters. The Morgan fingerprint density at radius 2 is 2.16 bits per heavy atom. The van der Waals surface area contributed by atoms with Gasteiger partial charge in [0, 0.05) is 5.88 Å². The molecule has 0 spiro atoms. The molecule has 3 nitrogen and oxygen atoms in total. The summed E-state index contributed by atoms with van der Waals surface area (Å²) in [7, 11) is 1.63. The zero-order chi connectivity index (χ0) is 13.9.